The van der Waals surface area contributed by atoms with Gasteiger partial charge in [0, 0.05) is 25.3 Å². The van der Waals surface area contributed by atoms with Gasteiger partial charge < -0.3 is 10.2 Å². The van der Waals surface area contributed by atoms with Crippen LogP contribution in [0.3, 0.4) is 0 Å². The van der Waals surface area contributed by atoms with E-state index in [9.17, 15) is 4.79 Å². The molecule has 0 aromatic carbocycles. The number of pyridine rings is 1. The van der Waals surface area contributed by atoms with E-state index in [2.05, 4.69) is 10.4 Å². The molecule has 0 spiro atoms. The van der Waals surface area contributed by atoms with Crippen LogP contribution in [0.25, 0.3) is 5.52 Å². The Morgan fingerprint density at radius 2 is 2.42 bits per heavy atom. The van der Waals surface area contributed by atoms with Gasteiger partial charge in [-0.05, 0) is 32.0 Å². The predicted molar refractivity (Wildman–Crippen MR) is 73.2 cm³/mol. The van der Waals surface area contributed by atoms with E-state index in [1.165, 1.54) is 0 Å². The van der Waals surface area contributed by atoms with Gasteiger partial charge in [0.2, 0.25) is 0 Å². The summed E-state index contributed by atoms with van der Waals surface area (Å²) in [6.45, 7) is 1.69. The predicted octanol–water partition coefficient (Wildman–Crippen LogP) is 1.16. The fourth-order valence-corrected chi connectivity index (χ4v) is 2.80. The average Bonchev–Trinajstić information content (AvgIpc) is 3.04. The average molecular weight is 258 g/mol. The second-order valence-electron chi connectivity index (χ2n) is 4.94. The molecule has 3 heterocycles. The van der Waals surface area contributed by atoms with E-state index in [1.807, 2.05) is 36.3 Å². The molecule has 3 rings (SSSR count). The zero-order valence-electron chi connectivity index (χ0n) is 11.0. The van der Waals surface area contributed by atoms with Crippen LogP contribution in [0.5, 0.6) is 0 Å². The van der Waals surface area contributed by atoms with E-state index in [-0.39, 0.29) is 5.91 Å². The molecule has 1 aliphatic heterocycles. The number of amides is 1. The van der Waals surface area contributed by atoms with Crippen molar-refractivity contribution < 1.29 is 4.79 Å². The number of likely N-dealkylation sites (N-methyl/N-ethyl adjacent to an activating group) is 1. The first kappa shape index (κ1) is 12.2. The summed E-state index contributed by atoms with van der Waals surface area (Å²) in [5.74, 6) is 0.0963. The number of hydrogen-bond acceptors (Lipinski definition) is 3. The molecule has 5 nitrogen and oxygen atoms in total. The fourth-order valence-electron chi connectivity index (χ4n) is 2.80. The Hall–Kier alpha value is -1.88. The molecule has 0 saturated carbocycles. The summed E-state index contributed by atoms with van der Waals surface area (Å²) in [6, 6.07) is 6.08. The van der Waals surface area contributed by atoms with E-state index < -0.39 is 0 Å². The zero-order valence-corrected chi connectivity index (χ0v) is 11.0. The summed E-state index contributed by atoms with van der Waals surface area (Å²) < 4.78 is 1.75. The smallest absolute Gasteiger partial charge is 0.257 e. The maximum Gasteiger partial charge on any atom is 0.257 e. The molecule has 0 radical (unpaired) electrons. The third kappa shape index (κ3) is 2.10. The van der Waals surface area contributed by atoms with Crippen LogP contribution in [0, 0.1) is 0 Å². The Balaban J connectivity index is 1.91. The Labute approximate surface area is 112 Å². The van der Waals surface area contributed by atoms with Gasteiger partial charge in [-0.3, -0.25) is 4.79 Å². The lowest BCUT2D eigenvalue weighted by Gasteiger charge is -2.24. The van der Waals surface area contributed by atoms with Crippen molar-refractivity contribution in [1.29, 1.82) is 0 Å². The molecule has 100 valence electrons. The van der Waals surface area contributed by atoms with Crippen molar-refractivity contribution in [2.24, 2.45) is 0 Å². The number of carbonyl (C=O) groups is 1. The number of hydrogen-bond donors (Lipinski definition) is 1. The molecule has 2 aromatic rings. The standard InChI is InChI=1S/C14H18N4O/c1-15-9-11-5-4-7-17(11)14(19)12-10-16-18-8-3-2-6-13(12)18/h2-3,6,8,10-11,15H,4-5,7,9H2,1H3. The highest BCUT2D eigenvalue weighted by Gasteiger charge is 2.30. The zero-order chi connectivity index (χ0) is 13.2. The highest BCUT2D eigenvalue weighted by molar-refractivity contribution is 6.00. The number of fused-ring (bicyclic) bond motifs is 1. The van der Waals surface area contributed by atoms with Crippen molar-refractivity contribution in [1.82, 2.24) is 19.8 Å². The van der Waals surface area contributed by atoms with E-state index in [4.69, 9.17) is 0 Å². The third-order valence-corrected chi connectivity index (χ3v) is 3.73. The van der Waals surface area contributed by atoms with Crippen molar-refractivity contribution in [3.05, 3.63) is 36.2 Å². The number of nitrogens with zero attached hydrogens (tertiary/aromatic N) is 3. The first-order valence-electron chi connectivity index (χ1n) is 6.69. The molecular weight excluding hydrogens is 240 g/mol. The lowest BCUT2D eigenvalue weighted by Crippen LogP contribution is -2.40. The Morgan fingerprint density at radius 3 is 3.26 bits per heavy atom. The molecule has 1 N–H and O–H groups in total. The minimum atomic E-state index is 0.0963. The van der Waals surface area contributed by atoms with Crippen molar-refractivity contribution in [2.45, 2.75) is 18.9 Å². The van der Waals surface area contributed by atoms with E-state index >= 15 is 0 Å². The summed E-state index contributed by atoms with van der Waals surface area (Å²) >= 11 is 0. The van der Waals surface area contributed by atoms with Gasteiger partial charge in [-0.25, -0.2) is 4.52 Å². The van der Waals surface area contributed by atoms with Crippen LogP contribution in [-0.2, 0) is 0 Å². The minimum Gasteiger partial charge on any atom is -0.334 e. The highest BCUT2D eigenvalue weighted by Crippen LogP contribution is 2.21. The Bertz CT molecular complexity index is 592. The molecule has 1 unspecified atom stereocenters. The van der Waals surface area contributed by atoms with Crippen LogP contribution in [0.2, 0.25) is 0 Å². The van der Waals surface area contributed by atoms with Crippen LogP contribution in [0.1, 0.15) is 23.2 Å². The summed E-state index contributed by atoms with van der Waals surface area (Å²) in [6.07, 6.45) is 5.69. The van der Waals surface area contributed by atoms with Gasteiger partial charge in [0.1, 0.15) is 0 Å². The quantitative estimate of drug-likeness (QED) is 0.898. The maximum atomic E-state index is 12.7. The van der Waals surface area contributed by atoms with Gasteiger partial charge in [-0.15, -0.1) is 0 Å². The van der Waals surface area contributed by atoms with Gasteiger partial charge in [0.05, 0.1) is 17.3 Å². The van der Waals surface area contributed by atoms with Crippen molar-refractivity contribution in [3.8, 4) is 0 Å². The van der Waals surface area contributed by atoms with Crippen molar-refractivity contribution in [2.75, 3.05) is 20.1 Å². The molecule has 19 heavy (non-hydrogen) atoms. The maximum absolute atomic E-state index is 12.7. The van der Waals surface area contributed by atoms with Gasteiger partial charge in [0.15, 0.2) is 0 Å². The van der Waals surface area contributed by atoms with Crippen molar-refractivity contribution >= 4 is 11.4 Å². The van der Waals surface area contributed by atoms with Gasteiger partial charge in [0.25, 0.3) is 5.91 Å². The SMILES string of the molecule is CNCC1CCCN1C(=O)c1cnn2ccccc12. The molecule has 0 bridgehead atoms. The van der Waals surface area contributed by atoms with Gasteiger partial charge >= 0.3 is 0 Å². The molecule has 1 aliphatic rings. The second kappa shape index (κ2) is 5.01. The number of likely N-dealkylation sites (tertiary alicyclic amines) is 1. The lowest BCUT2D eigenvalue weighted by molar-refractivity contribution is 0.0739. The molecule has 1 amide bonds. The molecule has 0 aliphatic carbocycles. The van der Waals surface area contributed by atoms with Crippen LogP contribution in [0.4, 0.5) is 0 Å². The number of carbonyl (C=O) groups excluding carboxylic acids is 1. The first-order valence-corrected chi connectivity index (χ1v) is 6.69. The number of nitrogens with one attached hydrogen (secondary N) is 1. The van der Waals surface area contributed by atoms with E-state index in [0.29, 0.717) is 11.6 Å². The second-order valence-corrected chi connectivity index (χ2v) is 4.94. The Kier molecular flexibility index (Phi) is 3.21. The third-order valence-electron chi connectivity index (χ3n) is 3.73. The van der Waals surface area contributed by atoms with Crippen LogP contribution >= 0.6 is 0 Å². The fraction of sp³-hybridized carbons (Fsp3) is 0.429. The van der Waals surface area contributed by atoms with E-state index in [0.717, 1.165) is 31.4 Å². The molecule has 1 saturated heterocycles. The monoisotopic (exact) mass is 258 g/mol. The van der Waals surface area contributed by atoms with Gasteiger partial charge in [-0.1, -0.05) is 6.07 Å². The first-order chi connectivity index (χ1) is 9.31. The lowest BCUT2D eigenvalue weighted by atomic mass is 10.2. The number of aromatic nitrogens is 2. The molecular formula is C14H18N4O. The van der Waals surface area contributed by atoms with Crippen molar-refractivity contribution in [3.63, 3.8) is 0 Å². The van der Waals surface area contributed by atoms with E-state index in [1.54, 1.807) is 10.7 Å². The van der Waals surface area contributed by atoms with Gasteiger partial charge in [-0.2, -0.15) is 5.10 Å². The minimum absolute atomic E-state index is 0.0963. The normalized spacial score (nSPS) is 19.2. The summed E-state index contributed by atoms with van der Waals surface area (Å²) in [4.78, 5) is 14.6. The summed E-state index contributed by atoms with van der Waals surface area (Å²) in [7, 11) is 1.93. The summed E-state index contributed by atoms with van der Waals surface area (Å²) in [5.41, 5.74) is 1.58. The molecule has 5 heteroatoms. The molecule has 1 fully saturated rings. The number of rotatable bonds is 3. The van der Waals surface area contributed by atoms with Crippen LogP contribution < -0.4 is 5.32 Å². The highest BCUT2D eigenvalue weighted by atomic mass is 16.2. The molecule has 1 atom stereocenters. The Morgan fingerprint density at radius 1 is 1.53 bits per heavy atom. The largest absolute Gasteiger partial charge is 0.334 e. The topological polar surface area (TPSA) is 49.6 Å². The summed E-state index contributed by atoms with van der Waals surface area (Å²) in [5, 5.41) is 7.40. The molecule has 2 aromatic heterocycles. The van der Waals surface area contributed by atoms with Crippen LogP contribution in [0.15, 0.2) is 30.6 Å². The van der Waals surface area contributed by atoms with Crippen LogP contribution in [-0.4, -0.2) is 46.6 Å².